The molecule has 0 radical (unpaired) electrons. The molecule has 1 aliphatic carbocycles. The number of aromatic nitrogens is 2. The van der Waals surface area contributed by atoms with Gasteiger partial charge >= 0.3 is 5.97 Å². The molecule has 0 saturated heterocycles. The van der Waals surface area contributed by atoms with Crippen molar-refractivity contribution in [3.63, 3.8) is 0 Å². The Hall–Kier alpha value is -3.40. The third kappa shape index (κ3) is 4.50. The van der Waals surface area contributed by atoms with Crippen LogP contribution in [-0.4, -0.2) is 34.8 Å². The van der Waals surface area contributed by atoms with Crippen LogP contribution in [0.25, 0.3) is 0 Å². The van der Waals surface area contributed by atoms with Crippen LogP contribution in [0, 0.1) is 24.0 Å². The maximum atomic E-state index is 14.4. The standard InChI is InChI=1S/C25H24F2N2O5S/c1-14-17(23-19(29(14)13-22(31)32)11-25(2,3)12-20(23)30)9-15-5-4-8-28-24(15)35(33,34)21-7-6-16(26)10-18(21)27/h4-8,10H,9,11-13H2,1-3H3,(H,31,32). The van der Waals surface area contributed by atoms with Gasteiger partial charge in [0.05, 0.1) is 0 Å². The Morgan fingerprint density at radius 2 is 1.91 bits per heavy atom. The lowest BCUT2D eigenvalue weighted by molar-refractivity contribution is -0.137. The van der Waals surface area contributed by atoms with E-state index in [0.29, 0.717) is 35.0 Å². The SMILES string of the molecule is Cc1c(Cc2cccnc2S(=O)(=O)c2ccc(F)cc2F)c2c(n1CC(=O)O)CC(C)(C)CC2=O. The van der Waals surface area contributed by atoms with E-state index in [4.69, 9.17) is 0 Å². The number of carbonyl (C=O) groups excluding carboxylic acids is 1. The molecule has 1 aromatic carbocycles. The molecule has 0 atom stereocenters. The van der Waals surface area contributed by atoms with Gasteiger partial charge < -0.3 is 9.67 Å². The second-order valence-electron chi connectivity index (χ2n) is 9.53. The monoisotopic (exact) mass is 502 g/mol. The quantitative estimate of drug-likeness (QED) is 0.508. The summed E-state index contributed by atoms with van der Waals surface area (Å²) in [4.78, 5) is 28.0. The van der Waals surface area contributed by atoms with Crippen molar-refractivity contribution in [2.45, 2.75) is 56.5 Å². The fourth-order valence-corrected chi connectivity index (χ4v) is 6.22. The van der Waals surface area contributed by atoms with Crippen LogP contribution in [0.2, 0.25) is 0 Å². The molecule has 0 fully saturated rings. The summed E-state index contributed by atoms with van der Waals surface area (Å²) in [6.45, 7) is 5.23. The molecule has 2 heterocycles. The van der Waals surface area contributed by atoms with E-state index in [1.165, 1.54) is 18.3 Å². The first-order valence-corrected chi connectivity index (χ1v) is 12.4. The maximum absolute atomic E-state index is 14.4. The zero-order valence-corrected chi connectivity index (χ0v) is 20.2. The predicted octanol–water partition coefficient (Wildman–Crippen LogP) is 4.13. The zero-order chi connectivity index (χ0) is 25.7. The normalized spacial score (nSPS) is 15.2. The Labute approximate surface area is 201 Å². The van der Waals surface area contributed by atoms with E-state index in [1.54, 1.807) is 11.5 Å². The van der Waals surface area contributed by atoms with Crippen LogP contribution >= 0.6 is 0 Å². The van der Waals surface area contributed by atoms with Crippen molar-refractivity contribution in [2.75, 3.05) is 0 Å². The summed E-state index contributed by atoms with van der Waals surface area (Å²) in [5, 5.41) is 9.04. The molecule has 35 heavy (non-hydrogen) atoms. The van der Waals surface area contributed by atoms with Crippen molar-refractivity contribution < 1.29 is 31.9 Å². The summed E-state index contributed by atoms with van der Waals surface area (Å²) in [6, 6.07) is 5.23. The number of sulfone groups is 1. The van der Waals surface area contributed by atoms with Crippen molar-refractivity contribution in [3.8, 4) is 0 Å². The molecule has 0 aliphatic heterocycles. The molecule has 2 aromatic heterocycles. The molecule has 0 unspecified atom stereocenters. The van der Waals surface area contributed by atoms with Crippen LogP contribution < -0.4 is 0 Å². The lowest BCUT2D eigenvalue weighted by atomic mass is 9.75. The van der Waals surface area contributed by atoms with Gasteiger partial charge in [-0.1, -0.05) is 19.9 Å². The second kappa shape index (κ2) is 8.67. The third-order valence-electron chi connectivity index (χ3n) is 6.27. The van der Waals surface area contributed by atoms with E-state index >= 15 is 0 Å². The lowest BCUT2D eigenvalue weighted by Gasteiger charge is -2.30. The number of fused-ring (bicyclic) bond motifs is 1. The number of aliphatic carboxylic acids is 1. The minimum atomic E-state index is -4.45. The molecule has 4 rings (SSSR count). The van der Waals surface area contributed by atoms with E-state index in [2.05, 4.69) is 4.98 Å². The number of pyridine rings is 1. The Morgan fingerprint density at radius 3 is 2.57 bits per heavy atom. The number of Topliss-reactive ketones (excluding diaryl/α,β-unsaturated/α-hetero) is 1. The summed E-state index contributed by atoms with van der Waals surface area (Å²) >= 11 is 0. The van der Waals surface area contributed by atoms with Gasteiger partial charge in [0.2, 0.25) is 9.84 Å². The molecule has 1 N–H and O–H groups in total. The first kappa shape index (κ1) is 24.7. The van der Waals surface area contributed by atoms with Gasteiger partial charge in [0.25, 0.3) is 0 Å². The van der Waals surface area contributed by atoms with Gasteiger partial charge in [0, 0.05) is 42.1 Å². The number of hydrogen-bond donors (Lipinski definition) is 1. The number of rotatable bonds is 6. The first-order chi connectivity index (χ1) is 16.3. The van der Waals surface area contributed by atoms with Crippen LogP contribution in [0.15, 0.2) is 46.5 Å². The van der Waals surface area contributed by atoms with Crippen molar-refractivity contribution in [1.82, 2.24) is 9.55 Å². The Bertz CT molecular complexity index is 1480. The van der Waals surface area contributed by atoms with E-state index < -0.39 is 37.4 Å². The van der Waals surface area contributed by atoms with Crippen molar-refractivity contribution in [2.24, 2.45) is 5.41 Å². The predicted molar refractivity (Wildman–Crippen MR) is 122 cm³/mol. The number of hydrogen-bond acceptors (Lipinski definition) is 5. The topological polar surface area (TPSA) is 106 Å². The van der Waals surface area contributed by atoms with Crippen LogP contribution in [0.5, 0.6) is 0 Å². The fourth-order valence-electron chi connectivity index (χ4n) is 4.76. The average molecular weight is 503 g/mol. The average Bonchev–Trinajstić information content (AvgIpc) is 2.98. The fraction of sp³-hybridized carbons (Fsp3) is 0.320. The summed E-state index contributed by atoms with van der Waals surface area (Å²) in [5.41, 5.74) is 1.94. The van der Waals surface area contributed by atoms with Gasteiger partial charge in [-0.3, -0.25) is 9.59 Å². The summed E-state index contributed by atoms with van der Waals surface area (Å²) in [7, 11) is -4.45. The van der Waals surface area contributed by atoms with Gasteiger partial charge in [0.1, 0.15) is 23.1 Å². The molecule has 10 heteroatoms. The zero-order valence-electron chi connectivity index (χ0n) is 19.4. The van der Waals surface area contributed by atoms with Crippen LogP contribution in [0.1, 0.15) is 53.1 Å². The molecule has 0 bridgehead atoms. The van der Waals surface area contributed by atoms with Crippen molar-refractivity contribution >= 4 is 21.6 Å². The largest absolute Gasteiger partial charge is 0.480 e. The Morgan fingerprint density at radius 1 is 1.20 bits per heavy atom. The number of carboxylic acids is 1. The molecular weight excluding hydrogens is 478 g/mol. The van der Waals surface area contributed by atoms with E-state index in [0.717, 1.165) is 12.1 Å². The maximum Gasteiger partial charge on any atom is 0.323 e. The van der Waals surface area contributed by atoms with Gasteiger partial charge in [-0.2, -0.15) is 0 Å². The highest BCUT2D eigenvalue weighted by atomic mass is 32.2. The second-order valence-corrected chi connectivity index (χ2v) is 11.4. The number of carboxylic acid groups (broad SMARTS) is 1. The van der Waals surface area contributed by atoms with Gasteiger partial charge in [0.15, 0.2) is 10.8 Å². The van der Waals surface area contributed by atoms with E-state index in [9.17, 15) is 31.9 Å². The first-order valence-electron chi connectivity index (χ1n) is 10.9. The van der Waals surface area contributed by atoms with Crippen molar-refractivity contribution in [1.29, 1.82) is 0 Å². The van der Waals surface area contributed by atoms with Gasteiger partial charge in [-0.05, 0) is 48.1 Å². The van der Waals surface area contributed by atoms with Crippen LogP contribution in [0.4, 0.5) is 8.78 Å². The highest BCUT2D eigenvalue weighted by Crippen LogP contribution is 2.40. The van der Waals surface area contributed by atoms with Crippen molar-refractivity contribution in [3.05, 3.63) is 76.2 Å². The number of benzene rings is 1. The Kier molecular flexibility index (Phi) is 6.12. The number of nitrogens with zero attached hydrogens (tertiary/aromatic N) is 2. The molecule has 1 aliphatic rings. The van der Waals surface area contributed by atoms with Crippen LogP contribution in [-0.2, 0) is 34.0 Å². The molecular formula is C25H24F2N2O5S. The highest BCUT2D eigenvalue weighted by Gasteiger charge is 2.37. The molecule has 7 nitrogen and oxygen atoms in total. The number of ketones is 1. The molecule has 3 aromatic rings. The summed E-state index contributed by atoms with van der Waals surface area (Å²) in [5.74, 6) is -3.35. The van der Waals surface area contributed by atoms with Gasteiger partial charge in [-0.15, -0.1) is 0 Å². The lowest BCUT2D eigenvalue weighted by Crippen LogP contribution is -2.29. The number of carbonyl (C=O) groups is 2. The molecule has 0 spiro atoms. The minimum absolute atomic E-state index is 0.0296. The third-order valence-corrected chi connectivity index (χ3v) is 8.06. The smallest absolute Gasteiger partial charge is 0.323 e. The molecule has 0 saturated carbocycles. The van der Waals surface area contributed by atoms with E-state index in [-0.39, 0.29) is 36.1 Å². The van der Waals surface area contributed by atoms with Crippen LogP contribution in [0.3, 0.4) is 0 Å². The molecule has 0 amide bonds. The van der Waals surface area contributed by atoms with Gasteiger partial charge in [-0.25, -0.2) is 22.2 Å². The highest BCUT2D eigenvalue weighted by molar-refractivity contribution is 7.91. The van der Waals surface area contributed by atoms with E-state index in [1.807, 2.05) is 13.8 Å². The summed E-state index contributed by atoms with van der Waals surface area (Å²) in [6.07, 6.45) is 1.98. The minimum Gasteiger partial charge on any atom is -0.480 e. The molecule has 184 valence electrons. The summed E-state index contributed by atoms with van der Waals surface area (Å²) < 4.78 is 55.9. The Balaban J connectivity index is 1.87. The number of halogens is 2.